The summed E-state index contributed by atoms with van der Waals surface area (Å²) in [6, 6.07) is 0.149. The number of methoxy groups -OCH3 is 1. The number of carbonyl (C=O) groups excluding carboxylic acids is 8. The summed E-state index contributed by atoms with van der Waals surface area (Å²) >= 11 is 0. The summed E-state index contributed by atoms with van der Waals surface area (Å²) in [6.07, 6.45) is 15.2. The molecule has 0 aromatic heterocycles. The van der Waals surface area contributed by atoms with Gasteiger partial charge in [-0.05, 0) is 92.9 Å². The van der Waals surface area contributed by atoms with Crippen LogP contribution in [0.2, 0.25) is 0 Å². The average Bonchev–Trinajstić information content (AvgIpc) is 4.34. The second-order valence-corrected chi connectivity index (χ2v) is 24.0. The molecule has 0 saturated carbocycles. The number of barbiturate groups is 1. The zero-order valence-corrected chi connectivity index (χ0v) is 51.3. The minimum absolute atomic E-state index is 0.0162. The smallest absolute Gasteiger partial charge is 0.407 e. The number of amides is 7. The summed E-state index contributed by atoms with van der Waals surface area (Å²) in [4.78, 5) is 112. The first-order chi connectivity index (χ1) is 38.7. The number of nitrogens with zero attached hydrogens (tertiary/aromatic N) is 4. The van der Waals surface area contributed by atoms with Crippen LogP contribution in [0.1, 0.15) is 203 Å². The molecule has 6 atom stereocenters. The standard InChI is InChI=1S/C60H107N7O14/c1-10-12-14-23-31-59(5,6)53(70)78-44-48(42-64-40-46(64)3)80-56(73)62-34-26-18-20-28-36-66-51(68)50(30-22-16-17-25-33-61-55(72)77-39-38-76-9)52(69)67(58(66)75)37-29-21-19-27-35-63-57(74)81-49(43-65-41-47(65)4)45-79-54(71)60(7,8)32-24-15-13-11-2/h46-50H,10-45H2,1-9H3,(H,61,72)(H,62,73)(H,63,74). The highest BCUT2D eigenvalue weighted by atomic mass is 16.6. The van der Waals surface area contributed by atoms with Crippen LogP contribution in [0.15, 0.2) is 0 Å². The molecule has 3 fully saturated rings. The van der Waals surface area contributed by atoms with Crippen LogP contribution in [-0.2, 0) is 47.6 Å². The van der Waals surface area contributed by atoms with E-state index in [0.717, 1.165) is 90.1 Å². The molecule has 0 bridgehead atoms. The summed E-state index contributed by atoms with van der Waals surface area (Å²) in [6.45, 7) is 20.7. The lowest BCUT2D eigenvalue weighted by Gasteiger charge is -2.37. The first-order valence-electron chi connectivity index (χ1n) is 31.0. The molecule has 0 aliphatic carbocycles. The second kappa shape index (κ2) is 38.9. The first kappa shape index (κ1) is 70.5. The van der Waals surface area contributed by atoms with Crippen LogP contribution in [0.5, 0.6) is 0 Å². The maximum absolute atomic E-state index is 13.9. The number of hydrogen-bond donors (Lipinski definition) is 3. The minimum atomic E-state index is -0.981. The molecule has 3 aliphatic heterocycles. The van der Waals surface area contributed by atoms with Gasteiger partial charge in [0.1, 0.15) is 25.7 Å². The molecule has 0 radical (unpaired) electrons. The van der Waals surface area contributed by atoms with Gasteiger partial charge < -0.3 is 44.4 Å². The molecule has 21 heteroatoms. The molecule has 0 aromatic rings. The van der Waals surface area contributed by atoms with Gasteiger partial charge in [-0.3, -0.25) is 38.8 Å². The molecule has 0 spiro atoms. The number of carbonyl (C=O) groups is 8. The Morgan fingerprint density at radius 2 is 0.901 bits per heavy atom. The van der Waals surface area contributed by atoms with E-state index in [2.05, 4.69) is 53.4 Å². The molecule has 81 heavy (non-hydrogen) atoms. The first-order valence-corrected chi connectivity index (χ1v) is 31.0. The lowest BCUT2D eigenvalue weighted by molar-refractivity contribution is -0.158. The minimum Gasteiger partial charge on any atom is -0.461 e. The highest BCUT2D eigenvalue weighted by Crippen LogP contribution is 2.29. The predicted molar refractivity (Wildman–Crippen MR) is 309 cm³/mol. The van der Waals surface area contributed by atoms with Crippen LogP contribution in [0.3, 0.4) is 0 Å². The van der Waals surface area contributed by atoms with Crippen molar-refractivity contribution in [2.75, 3.05) is 92.4 Å². The quantitative estimate of drug-likeness (QED) is 0.0169. The Hall–Kier alpha value is -4.76. The molecule has 3 saturated heterocycles. The van der Waals surface area contributed by atoms with E-state index < -0.39 is 65.1 Å². The number of nitrogens with one attached hydrogen (secondary N) is 3. The molecular weight excluding hydrogens is 1040 g/mol. The molecule has 3 heterocycles. The number of hydrogen-bond acceptors (Lipinski definition) is 16. The third-order valence-corrected chi connectivity index (χ3v) is 15.6. The Labute approximate surface area is 485 Å². The maximum Gasteiger partial charge on any atom is 0.407 e. The Kier molecular flexibility index (Phi) is 33.9. The lowest BCUT2D eigenvalue weighted by atomic mass is 9.87. The molecule has 466 valence electrons. The summed E-state index contributed by atoms with van der Waals surface area (Å²) in [5.41, 5.74) is -1.25. The highest BCUT2D eigenvalue weighted by molar-refractivity contribution is 6.16. The summed E-state index contributed by atoms with van der Waals surface area (Å²) in [5, 5.41) is 8.34. The Morgan fingerprint density at radius 3 is 1.30 bits per heavy atom. The number of imide groups is 2. The monoisotopic (exact) mass is 1150 g/mol. The SMILES string of the molecule is CCCCCCC(C)(C)C(=O)OCC(CN1CC1C)OC(=O)NCCCCCCN1C(=O)C(CCCCCCNC(=O)OCCOC)C(=O)N(CCCCCCNC(=O)OC(COC(=O)C(C)(C)CCCCCC)CN2CC2C)C1=O. The zero-order valence-electron chi connectivity index (χ0n) is 51.3. The number of alkyl carbamates (subject to hydrolysis) is 3. The van der Waals surface area contributed by atoms with Crippen LogP contribution in [0, 0.1) is 16.7 Å². The third-order valence-electron chi connectivity index (χ3n) is 15.6. The van der Waals surface area contributed by atoms with E-state index in [0.29, 0.717) is 122 Å². The second-order valence-electron chi connectivity index (χ2n) is 24.0. The van der Waals surface area contributed by atoms with E-state index in [-0.39, 0.29) is 44.8 Å². The number of urea groups is 1. The average molecular weight is 1150 g/mol. The van der Waals surface area contributed by atoms with Crippen molar-refractivity contribution in [1.29, 1.82) is 0 Å². The van der Waals surface area contributed by atoms with Gasteiger partial charge in [-0.25, -0.2) is 19.2 Å². The topological polar surface area (TPSA) is 241 Å². The fourth-order valence-corrected chi connectivity index (χ4v) is 9.81. The Bertz CT molecular complexity index is 1790. The number of unbranched alkanes of at least 4 members (excludes halogenated alkanes) is 15. The number of rotatable bonds is 46. The van der Waals surface area contributed by atoms with Crippen LogP contribution in [0.25, 0.3) is 0 Å². The van der Waals surface area contributed by atoms with Gasteiger partial charge in [0.05, 0.1) is 17.4 Å². The van der Waals surface area contributed by atoms with E-state index in [9.17, 15) is 38.4 Å². The Balaban J connectivity index is 1.46. The maximum atomic E-state index is 13.9. The summed E-state index contributed by atoms with van der Waals surface area (Å²) in [7, 11) is 1.53. The fraction of sp³-hybridized carbons (Fsp3) is 0.867. The normalized spacial score (nSPS) is 19.6. The van der Waals surface area contributed by atoms with Gasteiger partial charge in [-0.1, -0.05) is 110 Å². The van der Waals surface area contributed by atoms with Crippen LogP contribution in [-0.4, -0.2) is 184 Å². The van der Waals surface area contributed by atoms with Gasteiger partial charge >= 0.3 is 36.2 Å². The van der Waals surface area contributed by atoms with Crippen molar-refractivity contribution in [3.63, 3.8) is 0 Å². The van der Waals surface area contributed by atoms with E-state index in [1.165, 1.54) is 16.9 Å². The Morgan fingerprint density at radius 1 is 0.519 bits per heavy atom. The van der Waals surface area contributed by atoms with Gasteiger partial charge in [0.15, 0.2) is 12.2 Å². The predicted octanol–water partition coefficient (Wildman–Crippen LogP) is 9.51. The fourth-order valence-electron chi connectivity index (χ4n) is 9.81. The molecule has 3 N–H and O–H groups in total. The number of ether oxygens (including phenoxy) is 6. The van der Waals surface area contributed by atoms with E-state index in [1.54, 1.807) is 0 Å². The van der Waals surface area contributed by atoms with Crippen molar-refractivity contribution in [3.8, 4) is 0 Å². The molecule has 21 nitrogen and oxygen atoms in total. The number of esters is 2. The van der Waals surface area contributed by atoms with Gasteiger partial charge in [0.2, 0.25) is 11.8 Å². The van der Waals surface area contributed by atoms with E-state index >= 15 is 0 Å². The van der Waals surface area contributed by atoms with Crippen LogP contribution < -0.4 is 16.0 Å². The third kappa shape index (κ3) is 28.9. The highest BCUT2D eigenvalue weighted by Gasteiger charge is 2.45. The molecular formula is C60H107N7O14. The molecule has 7 amide bonds. The van der Waals surface area contributed by atoms with Gasteiger partial charge in [-0.15, -0.1) is 0 Å². The molecule has 0 aromatic carbocycles. The van der Waals surface area contributed by atoms with Gasteiger partial charge in [-0.2, -0.15) is 0 Å². The van der Waals surface area contributed by atoms with Crippen molar-refractivity contribution < 1.29 is 66.8 Å². The van der Waals surface area contributed by atoms with Gasteiger partial charge in [0, 0.05) is 78.1 Å². The van der Waals surface area contributed by atoms with Crippen molar-refractivity contribution in [1.82, 2.24) is 35.6 Å². The van der Waals surface area contributed by atoms with Gasteiger partial charge in [0.25, 0.3) is 0 Å². The van der Waals surface area contributed by atoms with Crippen molar-refractivity contribution in [2.45, 2.75) is 227 Å². The van der Waals surface area contributed by atoms with Crippen LogP contribution in [0.4, 0.5) is 19.2 Å². The lowest BCUT2D eigenvalue weighted by Crippen LogP contribution is -2.60. The molecule has 6 unspecified atom stereocenters. The van der Waals surface area contributed by atoms with Crippen molar-refractivity contribution >= 4 is 48.1 Å². The largest absolute Gasteiger partial charge is 0.461 e. The van der Waals surface area contributed by atoms with E-state index in [1.807, 2.05) is 27.7 Å². The molecule has 3 aliphatic rings. The molecule has 3 rings (SSSR count). The summed E-state index contributed by atoms with van der Waals surface area (Å²) in [5.74, 6) is -2.54. The van der Waals surface area contributed by atoms with Crippen molar-refractivity contribution in [2.24, 2.45) is 16.7 Å². The van der Waals surface area contributed by atoms with Crippen LogP contribution >= 0.6 is 0 Å². The van der Waals surface area contributed by atoms with Crippen molar-refractivity contribution in [3.05, 3.63) is 0 Å². The summed E-state index contributed by atoms with van der Waals surface area (Å²) < 4.78 is 32.8. The zero-order chi connectivity index (χ0) is 59.6. The van der Waals surface area contributed by atoms with E-state index in [4.69, 9.17) is 28.4 Å².